The number of benzene rings is 4. The first-order valence-corrected chi connectivity index (χ1v) is 22.2. The largest absolute Gasteiger partial charge is 0.421 e. The van der Waals surface area contributed by atoms with E-state index in [0.717, 1.165) is 59.9 Å². The summed E-state index contributed by atoms with van der Waals surface area (Å²) in [5, 5.41) is 41.1. The zero-order valence-corrected chi connectivity index (χ0v) is 36.2. The van der Waals surface area contributed by atoms with E-state index in [9.17, 15) is 73.6 Å². The van der Waals surface area contributed by atoms with Crippen LogP contribution in [0.5, 0.6) is 0 Å². The van der Waals surface area contributed by atoms with Gasteiger partial charge in [-0.15, -0.1) is 0 Å². The van der Waals surface area contributed by atoms with Crippen molar-refractivity contribution in [2.45, 2.75) is 73.1 Å². The molecule has 0 bridgehead atoms. The Morgan fingerprint density at radius 1 is 0.531 bits per heavy atom. The van der Waals surface area contributed by atoms with Crippen molar-refractivity contribution in [1.82, 2.24) is 8.61 Å². The van der Waals surface area contributed by atoms with Gasteiger partial charge in [0, 0.05) is 87.0 Å². The quantitative estimate of drug-likeness (QED) is 0.0989. The molecule has 0 amide bonds. The number of nitrogens with zero attached hydrogens (tertiary/aromatic N) is 6. The molecule has 0 saturated carbocycles. The minimum atomic E-state index is -4.91. The summed E-state index contributed by atoms with van der Waals surface area (Å²) in [6.45, 7) is 6.22. The molecule has 0 aromatic heterocycles. The maximum absolute atomic E-state index is 13.1. The average molecular weight is 947 g/mol. The summed E-state index contributed by atoms with van der Waals surface area (Å²) in [6.07, 6.45) is -9.81. The zero-order valence-electron chi connectivity index (χ0n) is 34.6. The van der Waals surface area contributed by atoms with Crippen LogP contribution in [-0.4, -0.2) is 109 Å². The SMILES string of the molecule is C[C@@H]1CN(c2ccc([N+](=O)[O-])cc2)CCN1S(=O)(=O)c1ccc([C@@](C)(O)C(F)(F)F)cc1.C[C@@H]1CN(c2ccc([N+](=O)[O-])cc2)CCN1S(=O)(=O)c1ccc([C@](C)(O)C(F)(F)F)cc1. The fourth-order valence-electron chi connectivity index (χ4n) is 7.14. The van der Waals surface area contributed by atoms with Crippen LogP contribution in [0.15, 0.2) is 107 Å². The maximum atomic E-state index is 13.1. The molecule has 4 aromatic carbocycles. The van der Waals surface area contributed by atoms with Gasteiger partial charge in [0.25, 0.3) is 11.4 Å². The first-order valence-electron chi connectivity index (χ1n) is 19.3. The van der Waals surface area contributed by atoms with Gasteiger partial charge < -0.3 is 20.0 Å². The van der Waals surface area contributed by atoms with Crippen LogP contribution in [0.4, 0.5) is 49.1 Å². The summed E-state index contributed by atoms with van der Waals surface area (Å²) in [7, 11) is -7.96. The highest BCUT2D eigenvalue weighted by atomic mass is 32.2. The summed E-state index contributed by atoms with van der Waals surface area (Å²) in [6, 6.07) is 19.0. The van der Waals surface area contributed by atoms with Gasteiger partial charge >= 0.3 is 12.4 Å². The number of sulfonamides is 2. The standard InChI is InChI=1S/2C20H22F3N3O5S/c2*1-14-13-24(16-5-7-17(8-6-16)26(28)29)11-12-25(14)32(30,31)18-9-3-15(4-10-18)19(2,27)20(21,22)23/h2*3-10,14,27H,11-13H2,1-2H3/t14-,19+;14-,19-/m11/s1. The molecule has 4 atom stereocenters. The van der Waals surface area contributed by atoms with Gasteiger partial charge in [0.1, 0.15) is 0 Å². The highest BCUT2D eigenvalue weighted by Gasteiger charge is 2.52. The number of halogens is 6. The van der Waals surface area contributed by atoms with E-state index >= 15 is 0 Å². The number of nitro benzene ring substituents is 2. The Balaban J connectivity index is 0.000000241. The third-order valence-electron chi connectivity index (χ3n) is 11.1. The number of hydrogen-bond donors (Lipinski definition) is 2. The number of hydrogen-bond acceptors (Lipinski definition) is 12. The molecule has 4 aromatic rings. The molecule has 24 heteroatoms. The summed E-state index contributed by atoms with van der Waals surface area (Å²) in [4.78, 5) is 24.1. The normalized spacial score (nSPS) is 20.1. The fraction of sp³-hybridized carbons (Fsp3) is 0.400. The molecular formula is C40H44F6N6O10S2. The second-order valence-electron chi connectivity index (χ2n) is 15.6. The number of nitro groups is 2. The van der Waals surface area contributed by atoms with Crippen molar-refractivity contribution in [3.8, 4) is 0 Å². The van der Waals surface area contributed by atoms with Crippen LogP contribution in [0.25, 0.3) is 0 Å². The predicted molar refractivity (Wildman–Crippen MR) is 221 cm³/mol. The van der Waals surface area contributed by atoms with E-state index in [2.05, 4.69) is 0 Å². The van der Waals surface area contributed by atoms with Crippen LogP contribution in [-0.2, 0) is 31.2 Å². The minimum Gasteiger partial charge on any atom is -0.376 e. The van der Waals surface area contributed by atoms with Crippen molar-refractivity contribution in [3.05, 3.63) is 128 Å². The van der Waals surface area contributed by atoms with Crippen LogP contribution in [0.2, 0.25) is 0 Å². The smallest absolute Gasteiger partial charge is 0.376 e. The number of aliphatic hydroxyl groups is 2. The molecule has 2 aliphatic rings. The number of rotatable bonds is 10. The molecular weight excluding hydrogens is 903 g/mol. The van der Waals surface area contributed by atoms with E-state index in [1.165, 1.54) is 32.9 Å². The van der Waals surface area contributed by atoms with Crippen LogP contribution in [0.1, 0.15) is 38.8 Å². The fourth-order valence-corrected chi connectivity index (χ4v) is 10.4. The van der Waals surface area contributed by atoms with E-state index < -0.39 is 76.7 Å². The van der Waals surface area contributed by atoms with Crippen LogP contribution < -0.4 is 9.80 Å². The van der Waals surface area contributed by atoms with E-state index in [-0.39, 0.29) is 34.3 Å². The van der Waals surface area contributed by atoms with Gasteiger partial charge in [-0.3, -0.25) is 20.2 Å². The first-order chi connectivity index (χ1) is 29.5. The Morgan fingerprint density at radius 2 is 0.812 bits per heavy atom. The molecule has 2 aliphatic heterocycles. The number of alkyl halides is 6. The Labute approximate surface area is 364 Å². The Bertz CT molecular complexity index is 2350. The lowest BCUT2D eigenvalue weighted by atomic mass is 9.96. The molecule has 0 radical (unpaired) electrons. The van der Waals surface area contributed by atoms with Gasteiger partial charge in [0.05, 0.1) is 19.6 Å². The van der Waals surface area contributed by atoms with Crippen LogP contribution >= 0.6 is 0 Å². The van der Waals surface area contributed by atoms with Crippen molar-refractivity contribution < 1.29 is 63.2 Å². The van der Waals surface area contributed by atoms with Gasteiger partial charge in [-0.2, -0.15) is 35.0 Å². The van der Waals surface area contributed by atoms with Gasteiger partial charge in [0.15, 0.2) is 11.2 Å². The van der Waals surface area contributed by atoms with Gasteiger partial charge in [-0.05, 0) is 87.4 Å². The number of non-ortho nitro benzene ring substituents is 2. The molecule has 0 unspecified atom stereocenters. The molecule has 2 saturated heterocycles. The molecule has 0 spiro atoms. The molecule has 0 aliphatic carbocycles. The summed E-state index contributed by atoms with van der Waals surface area (Å²) in [5.74, 6) is 0. The minimum absolute atomic E-state index is 0.0454. The maximum Gasteiger partial charge on any atom is 0.421 e. The van der Waals surface area contributed by atoms with Crippen molar-refractivity contribution in [1.29, 1.82) is 0 Å². The Morgan fingerprint density at radius 3 is 1.05 bits per heavy atom. The molecule has 2 N–H and O–H groups in total. The lowest BCUT2D eigenvalue weighted by Crippen LogP contribution is -2.54. The molecule has 2 heterocycles. The van der Waals surface area contributed by atoms with Crippen molar-refractivity contribution in [2.24, 2.45) is 0 Å². The summed E-state index contributed by atoms with van der Waals surface area (Å²) < 4.78 is 133. The highest BCUT2D eigenvalue weighted by molar-refractivity contribution is 7.89. The van der Waals surface area contributed by atoms with Gasteiger partial charge in [-0.25, -0.2) is 16.8 Å². The van der Waals surface area contributed by atoms with Crippen molar-refractivity contribution in [2.75, 3.05) is 49.1 Å². The molecule has 64 heavy (non-hydrogen) atoms. The average Bonchev–Trinajstić information content (AvgIpc) is 3.23. The lowest BCUT2D eigenvalue weighted by Gasteiger charge is -2.40. The van der Waals surface area contributed by atoms with Crippen molar-refractivity contribution in [3.63, 3.8) is 0 Å². The Hall–Kier alpha value is -5.40. The van der Waals surface area contributed by atoms with E-state index in [4.69, 9.17) is 0 Å². The second kappa shape index (κ2) is 18.2. The number of piperazine rings is 2. The first kappa shape index (κ1) is 49.6. The molecule has 16 nitrogen and oxygen atoms in total. The predicted octanol–water partition coefficient (Wildman–Crippen LogP) is 6.53. The molecule has 6 rings (SSSR count). The molecule has 348 valence electrons. The van der Waals surface area contributed by atoms with Crippen molar-refractivity contribution >= 4 is 42.8 Å². The van der Waals surface area contributed by atoms with Crippen LogP contribution in [0.3, 0.4) is 0 Å². The summed E-state index contributed by atoms with van der Waals surface area (Å²) >= 11 is 0. The molecule has 2 fully saturated rings. The monoisotopic (exact) mass is 946 g/mol. The third-order valence-corrected chi connectivity index (χ3v) is 15.2. The topological polar surface area (TPSA) is 208 Å². The highest BCUT2D eigenvalue weighted by Crippen LogP contribution is 2.40. The van der Waals surface area contributed by atoms with E-state index in [1.54, 1.807) is 38.1 Å². The van der Waals surface area contributed by atoms with Crippen LogP contribution in [0, 0.1) is 20.2 Å². The van der Waals surface area contributed by atoms with Gasteiger partial charge in [-0.1, -0.05) is 24.3 Å². The lowest BCUT2D eigenvalue weighted by molar-refractivity contribution is -0.385. The summed E-state index contributed by atoms with van der Waals surface area (Å²) in [5.41, 5.74) is -5.76. The Kier molecular flexibility index (Phi) is 14.1. The van der Waals surface area contributed by atoms with E-state index in [0.29, 0.717) is 40.0 Å². The second-order valence-corrected chi connectivity index (χ2v) is 19.3. The zero-order chi connectivity index (χ0) is 47.8. The third kappa shape index (κ3) is 10.3. The van der Waals surface area contributed by atoms with Gasteiger partial charge in [0.2, 0.25) is 20.0 Å². The van der Waals surface area contributed by atoms with E-state index in [1.807, 2.05) is 9.80 Å². The number of anilines is 2.